The van der Waals surface area contributed by atoms with Crippen LogP contribution in [-0.4, -0.2) is 45.2 Å². The number of furan rings is 1. The van der Waals surface area contributed by atoms with Gasteiger partial charge in [-0.3, -0.25) is 14.5 Å². The van der Waals surface area contributed by atoms with Crippen molar-refractivity contribution in [2.45, 2.75) is 33.0 Å². The highest BCUT2D eigenvalue weighted by molar-refractivity contribution is 6.01. The molecule has 0 spiro atoms. The fraction of sp³-hybridized carbons (Fsp3) is 0.219. The number of nitrogens with zero attached hydrogens (tertiary/aromatic N) is 5. The van der Waals surface area contributed by atoms with Crippen molar-refractivity contribution in [2.75, 3.05) is 18.1 Å². The van der Waals surface area contributed by atoms with Crippen molar-refractivity contribution >= 4 is 17.5 Å². The number of amides is 2. The van der Waals surface area contributed by atoms with Crippen LogP contribution in [0.4, 0.5) is 5.69 Å². The number of aromatic nitrogens is 4. The standard InChI is InChI=1S/C32H30N6O5/c1-21-8-11-24(12-9-21)30(32(40)33-19-23-6-4-3-5-7-23)38(25-13-15-26-28(18-25)42-17-16-41-26)29(39)20-37-35-31(34-36-37)27-14-10-22(2)43-27/h3-15,18,30H,16-17,19-20H2,1-2H3,(H,33,40)/t30-/m0/s1. The smallest absolute Gasteiger partial charge is 0.251 e. The summed E-state index contributed by atoms with van der Waals surface area (Å²) in [5.41, 5.74) is 3.05. The fourth-order valence-corrected chi connectivity index (χ4v) is 4.83. The van der Waals surface area contributed by atoms with E-state index in [9.17, 15) is 9.59 Å². The molecule has 0 radical (unpaired) electrons. The van der Waals surface area contributed by atoms with Gasteiger partial charge in [0.25, 0.3) is 5.91 Å². The predicted molar refractivity (Wildman–Crippen MR) is 157 cm³/mol. The van der Waals surface area contributed by atoms with Crippen LogP contribution in [0.5, 0.6) is 11.5 Å². The van der Waals surface area contributed by atoms with E-state index in [1.165, 1.54) is 9.70 Å². The maximum absolute atomic E-state index is 14.2. The Kier molecular flexibility index (Phi) is 7.86. The minimum atomic E-state index is -1.02. The molecule has 0 bridgehead atoms. The zero-order chi connectivity index (χ0) is 29.8. The summed E-state index contributed by atoms with van der Waals surface area (Å²) in [6.07, 6.45) is 0. The highest BCUT2D eigenvalue weighted by Crippen LogP contribution is 2.37. The second kappa shape index (κ2) is 12.2. The van der Waals surface area contributed by atoms with Gasteiger partial charge in [0, 0.05) is 18.3 Å². The van der Waals surface area contributed by atoms with Crippen molar-refractivity contribution in [1.82, 2.24) is 25.5 Å². The Balaban J connectivity index is 1.37. The van der Waals surface area contributed by atoms with E-state index in [1.807, 2.05) is 68.4 Å². The van der Waals surface area contributed by atoms with Crippen LogP contribution in [0.2, 0.25) is 0 Å². The number of hydrogen-bond acceptors (Lipinski definition) is 8. The van der Waals surface area contributed by atoms with E-state index in [4.69, 9.17) is 13.9 Å². The number of fused-ring (bicyclic) bond motifs is 1. The third-order valence-corrected chi connectivity index (χ3v) is 6.97. The molecule has 2 amide bonds. The molecule has 43 heavy (non-hydrogen) atoms. The zero-order valence-electron chi connectivity index (χ0n) is 23.8. The van der Waals surface area contributed by atoms with Crippen molar-refractivity contribution in [3.8, 4) is 23.1 Å². The van der Waals surface area contributed by atoms with E-state index in [0.29, 0.717) is 54.0 Å². The third-order valence-electron chi connectivity index (χ3n) is 6.97. The van der Waals surface area contributed by atoms with Crippen molar-refractivity contribution in [1.29, 1.82) is 0 Å². The first kappa shape index (κ1) is 27.7. The molecule has 5 aromatic rings. The van der Waals surface area contributed by atoms with Crippen molar-refractivity contribution < 1.29 is 23.5 Å². The lowest BCUT2D eigenvalue weighted by Crippen LogP contribution is -2.45. The van der Waals surface area contributed by atoms with Gasteiger partial charge in [0.2, 0.25) is 11.7 Å². The van der Waals surface area contributed by atoms with Crippen LogP contribution in [0.3, 0.4) is 0 Å². The quantitative estimate of drug-likeness (QED) is 0.273. The first-order valence-corrected chi connectivity index (χ1v) is 13.9. The molecule has 0 aliphatic carbocycles. The number of aryl methyl sites for hydroxylation is 2. The summed E-state index contributed by atoms with van der Waals surface area (Å²) in [6.45, 7) is 4.60. The lowest BCUT2D eigenvalue weighted by Gasteiger charge is -2.32. The van der Waals surface area contributed by atoms with E-state index in [-0.39, 0.29) is 18.3 Å². The largest absolute Gasteiger partial charge is 0.486 e. The van der Waals surface area contributed by atoms with Crippen LogP contribution in [0.15, 0.2) is 89.3 Å². The van der Waals surface area contributed by atoms with Crippen LogP contribution in [-0.2, 0) is 22.7 Å². The average Bonchev–Trinajstić information content (AvgIpc) is 3.68. The zero-order valence-corrected chi connectivity index (χ0v) is 23.8. The summed E-state index contributed by atoms with van der Waals surface area (Å²) in [4.78, 5) is 30.9. The molecule has 0 fully saturated rings. The summed E-state index contributed by atoms with van der Waals surface area (Å²) in [5, 5.41) is 15.5. The molecule has 3 aromatic carbocycles. The molecule has 11 heteroatoms. The van der Waals surface area contributed by atoms with Gasteiger partial charge in [0.15, 0.2) is 17.3 Å². The lowest BCUT2D eigenvalue weighted by molar-refractivity contribution is -0.127. The summed E-state index contributed by atoms with van der Waals surface area (Å²) in [6, 6.07) is 24.8. The van der Waals surface area contributed by atoms with E-state index in [0.717, 1.165) is 11.1 Å². The topological polar surface area (TPSA) is 125 Å². The summed E-state index contributed by atoms with van der Waals surface area (Å²) in [5.74, 6) is 1.67. The van der Waals surface area contributed by atoms with Crippen molar-refractivity contribution in [2.24, 2.45) is 0 Å². The van der Waals surface area contributed by atoms with Gasteiger partial charge >= 0.3 is 0 Å². The molecule has 218 valence electrons. The molecule has 1 N–H and O–H groups in total. The predicted octanol–water partition coefficient (Wildman–Crippen LogP) is 4.41. The Hall–Kier alpha value is -5.45. The summed E-state index contributed by atoms with van der Waals surface area (Å²) in [7, 11) is 0. The molecule has 0 saturated carbocycles. The van der Waals surface area contributed by atoms with Crippen LogP contribution < -0.4 is 19.7 Å². The van der Waals surface area contributed by atoms with Gasteiger partial charge in [0.1, 0.15) is 31.6 Å². The number of anilines is 1. The molecule has 2 aromatic heterocycles. The number of carbonyl (C=O) groups excluding carboxylic acids is 2. The summed E-state index contributed by atoms with van der Waals surface area (Å²) >= 11 is 0. The van der Waals surface area contributed by atoms with Crippen LogP contribution in [0, 0.1) is 13.8 Å². The first-order valence-electron chi connectivity index (χ1n) is 13.9. The molecule has 0 saturated heterocycles. The molecule has 6 rings (SSSR count). The maximum Gasteiger partial charge on any atom is 0.251 e. The minimum Gasteiger partial charge on any atom is -0.486 e. The highest BCUT2D eigenvalue weighted by Gasteiger charge is 2.34. The SMILES string of the molecule is Cc1ccc([C@@H](C(=O)NCc2ccccc2)N(C(=O)Cn2nnc(-c3ccc(C)o3)n2)c2ccc3c(c2)OCCO3)cc1. The van der Waals surface area contributed by atoms with Gasteiger partial charge in [0.05, 0.1) is 0 Å². The number of ether oxygens (including phenoxy) is 2. The van der Waals surface area contributed by atoms with Crippen LogP contribution in [0.1, 0.15) is 28.5 Å². The van der Waals surface area contributed by atoms with Crippen molar-refractivity contribution in [3.63, 3.8) is 0 Å². The van der Waals surface area contributed by atoms with Gasteiger partial charge in [-0.15, -0.1) is 10.2 Å². The van der Waals surface area contributed by atoms with E-state index < -0.39 is 11.9 Å². The average molecular weight is 579 g/mol. The van der Waals surface area contributed by atoms with Gasteiger partial charge in [-0.2, -0.15) is 4.80 Å². The molecule has 1 aliphatic heterocycles. The Morgan fingerprint density at radius 3 is 2.44 bits per heavy atom. The Labute approximate surface area is 248 Å². The fourth-order valence-electron chi connectivity index (χ4n) is 4.83. The van der Waals surface area contributed by atoms with Gasteiger partial charge in [-0.25, -0.2) is 0 Å². The van der Waals surface area contributed by atoms with E-state index in [1.54, 1.807) is 30.3 Å². The minimum absolute atomic E-state index is 0.252. The second-order valence-electron chi connectivity index (χ2n) is 10.2. The summed E-state index contributed by atoms with van der Waals surface area (Å²) < 4.78 is 17.1. The lowest BCUT2D eigenvalue weighted by atomic mass is 10.0. The number of tetrazole rings is 1. The molecule has 0 unspecified atom stereocenters. The Bertz CT molecular complexity index is 1730. The molecule has 11 nitrogen and oxygen atoms in total. The number of hydrogen-bond donors (Lipinski definition) is 1. The number of carbonyl (C=O) groups is 2. The van der Waals surface area contributed by atoms with Crippen LogP contribution >= 0.6 is 0 Å². The Morgan fingerprint density at radius 2 is 1.70 bits per heavy atom. The molecule has 3 heterocycles. The maximum atomic E-state index is 14.2. The van der Waals surface area contributed by atoms with Gasteiger partial charge < -0.3 is 19.2 Å². The number of benzene rings is 3. The van der Waals surface area contributed by atoms with Gasteiger partial charge in [-0.1, -0.05) is 60.2 Å². The van der Waals surface area contributed by atoms with E-state index in [2.05, 4.69) is 20.7 Å². The normalized spacial score (nSPS) is 12.9. The number of nitrogens with one attached hydrogen (secondary N) is 1. The molecule has 1 aliphatic rings. The highest BCUT2D eigenvalue weighted by atomic mass is 16.6. The third kappa shape index (κ3) is 6.25. The van der Waals surface area contributed by atoms with Gasteiger partial charge in [-0.05, 0) is 54.5 Å². The molecule has 1 atom stereocenters. The van der Waals surface area contributed by atoms with Crippen LogP contribution in [0.25, 0.3) is 11.6 Å². The molecular formula is C32H30N6O5. The monoisotopic (exact) mass is 578 g/mol. The van der Waals surface area contributed by atoms with Crippen molar-refractivity contribution in [3.05, 3.63) is 107 Å². The first-order chi connectivity index (χ1) is 20.9. The second-order valence-corrected chi connectivity index (χ2v) is 10.2. The Morgan fingerprint density at radius 1 is 0.930 bits per heavy atom. The number of rotatable bonds is 9. The van der Waals surface area contributed by atoms with E-state index >= 15 is 0 Å². The molecular weight excluding hydrogens is 548 g/mol.